The molecule has 3 aromatic carbocycles. The molecule has 0 saturated carbocycles. The summed E-state index contributed by atoms with van der Waals surface area (Å²) in [5.41, 5.74) is 6.63. The van der Waals surface area contributed by atoms with Crippen LogP contribution in [0.3, 0.4) is 0 Å². The van der Waals surface area contributed by atoms with Crippen LogP contribution in [0.5, 0.6) is 0 Å². The van der Waals surface area contributed by atoms with Gasteiger partial charge in [0.15, 0.2) is 5.11 Å². The molecule has 59 heavy (non-hydrogen) atoms. The molecule has 1 heterocycles. The van der Waals surface area contributed by atoms with Gasteiger partial charge < -0.3 is 44.7 Å². The van der Waals surface area contributed by atoms with Gasteiger partial charge in [-0.3, -0.25) is 9.59 Å². The fourth-order valence-corrected chi connectivity index (χ4v) is 7.05. The molecule has 3 amide bonds. The summed E-state index contributed by atoms with van der Waals surface area (Å²) in [4.78, 5) is 50.4. The summed E-state index contributed by atoms with van der Waals surface area (Å²) in [6, 6.07) is 25.7. The molecule has 16 heteroatoms. The fraction of sp³-hybridized carbons (Fsp3) is 0.419. The average Bonchev–Trinajstić information content (AvgIpc) is 3.76. The van der Waals surface area contributed by atoms with Crippen molar-refractivity contribution in [3.05, 3.63) is 95.7 Å². The zero-order valence-electron chi connectivity index (χ0n) is 34.1. The van der Waals surface area contributed by atoms with E-state index in [-0.39, 0.29) is 43.8 Å². The van der Waals surface area contributed by atoms with Crippen molar-refractivity contribution in [2.24, 2.45) is 0 Å². The number of aromatic nitrogens is 1. The standard InChI is InChI=1S/C43H55N7O8S/c1-30(41(53)54)48(3)40(52)18-23-56-25-26-57-24-21-46-42(59)45-20-19-44-39(51)17-22-50-32(27-31-11-5-10-16-38(31)50)28-47(2)49(4)43(55)58-29-37-35-14-8-6-12-33(35)34-13-7-9-15-36(34)37/h5-16,27,30,37H,17-26,28-29H2,1-4H3,(H,44,51)(H,53,54)(H2,45,46,59). The van der Waals surface area contributed by atoms with E-state index < -0.39 is 18.1 Å². The summed E-state index contributed by atoms with van der Waals surface area (Å²) in [5.74, 6) is -1.49. The number of ether oxygens (including phenoxy) is 3. The van der Waals surface area contributed by atoms with Crippen LogP contribution in [-0.2, 0) is 41.7 Å². The van der Waals surface area contributed by atoms with Crippen molar-refractivity contribution < 1.29 is 38.5 Å². The number of carboxylic acids is 1. The Morgan fingerprint density at radius 1 is 0.797 bits per heavy atom. The summed E-state index contributed by atoms with van der Waals surface area (Å²) < 4.78 is 18.9. The normalized spacial score (nSPS) is 12.4. The molecule has 0 bridgehead atoms. The highest BCUT2D eigenvalue weighted by molar-refractivity contribution is 7.80. The lowest BCUT2D eigenvalue weighted by molar-refractivity contribution is -0.148. The van der Waals surface area contributed by atoms with Crippen molar-refractivity contribution in [2.75, 3.05) is 73.8 Å². The van der Waals surface area contributed by atoms with Gasteiger partial charge in [0.25, 0.3) is 0 Å². The number of amides is 3. The molecule has 0 radical (unpaired) electrons. The number of carbonyl (C=O) groups is 4. The van der Waals surface area contributed by atoms with E-state index in [1.54, 1.807) is 7.05 Å². The second kappa shape index (κ2) is 22.0. The number of likely N-dealkylation sites (N-methyl/N-ethyl adjacent to an activating group) is 1. The predicted octanol–water partition coefficient (Wildman–Crippen LogP) is 4.19. The fourth-order valence-electron chi connectivity index (χ4n) is 6.85. The number of fused-ring (bicyclic) bond motifs is 4. The van der Waals surface area contributed by atoms with E-state index in [1.807, 2.05) is 60.6 Å². The maximum Gasteiger partial charge on any atom is 0.424 e. The second-order valence-electron chi connectivity index (χ2n) is 14.3. The van der Waals surface area contributed by atoms with Gasteiger partial charge in [-0.25, -0.2) is 19.6 Å². The zero-order chi connectivity index (χ0) is 42.3. The third kappa shape index (κ3) is 12.2. The first-order valence-electron chi connectivity index (χ1n) is 19.8. The Labute approximate surface area is 350 Å². The van der Waals surface area contributed by atoms with Crippen LogP contribution in [0.2, 0.25) is 0 Å². The van der Waals surface area contributed by atoms with E-state index in [4.69, 9.17) is 31.5 Å². The molecule has 0 aliphatic heterocycles. The lowest BCUT2D eigenvalue weighted by Crippen LogP contribution is -2.42. The van der Waals surface area contributed by atoms with Gasteiger partial charge in [0, 0.05) is 70.9 Å². The number of rotatable bonds is 22. The number of hydrogen-bond acceptors (Lipinski definition) is 9. The molecule has 0 saturated heterocycles. The highest BCUT2D eigenvalue weighted by Crippen LogP contribution is 2.44. The van der Waals surface area contributed by atoms with Crippen LogP contribution in [0.4, 0.5) is 4.79 Å². The lowest BCUT2D eigenvalue weighted by atomic mass is 9.98. The topological polar surface area (TPSA) is 167 Å². The van der Waals surface area contributed by atoms with Crippen LogP contribution in [0.1, 0.15) is 42.5 Å². The van der Waals surface area contributed by atoms with Gasteiger partial charge in [0.1, 0.15) is 12.6 Å². The summed E-state index contributed by atoms with van der Waals surface area (Å²) in [5, 5.41) is 22.9. The second-order valence-corrected chi connectivity index (χ2v) is 14.7. The predicted molar refractivity (Wildman–Crippen MR) is 229 cm³/mol. The third-order valence-corrected chi connectivity index (χ3v) is 10.7. The minimum Gasteiger partial charge on any atom is -0.480 e. The quantitative estimate of drug-likeness (QED) is 0.0508. The van der Waals surface area contributed by atoms with E-state index >= 15 is 0 Å². The molecule has 0 fully saturated rings. The Balaban J connectivity index is 0.974. The molecule has 316 valence electrons. The average molecular weight is 830 g/mol. The van der Waals surface area contributed by atoms with E-state index in [2.05, 4.69) is 50.8 Å². The molecule has 1 unspecified atom stereocenters. The SMILES string of the molecule is CC(C(=O)O)N(C)C(=O)CCOCCOCCNC(=S)NCCNC(=O)CCn1c(CN(C)N(C)C(=O)OCC2c3ccccc3-c3ccccc32)cc2ccccc21. The number of carbonyl (C=O) groups excluding carboxylic acids is 3. The van der Waals surface area contributed by atoms with Crippen LogP contribution in [0.25, 0.3) is 22.0 Å². The van der Waals surface area contributed by atoms with Crippen molar-refractivity contribution in [3.63, 3.8) is 0 Å². The van der Waals surface area contributed by atoms with Crippen LogP contribution in [0.15, 0.2) is 78.9 Å². The monoisotopic (exact) mass is 829 g/mol. The summed E-state index contributed by atoms with van der Waals surface area (Å²) >= 11 is 5.32. The first-order chi connectivity index (χ1) is 28.5. The van der Waals surface area contributed by atoms with E-state index in [0.717, 1.165) is 27.7 Å². The Morgan fingerprint density at radius 3 is 2.10 bits per heavy atom. The van der Waals surface area contributed by atoms with Crippen LogP contribution in [-0.4, -0.2) is 133 Å². The molecule has 15 nitrogen and oxygen atoms in total. The van der Waals surface area contributed by atoms with Gasteiger partial charge in [-0.15, -0.1) is 0 Å². The van der Waals surface area contributed by atoms with Crippen molar-refractivity contribution in [1.29, 1.82) is 0 Å². The van der Waals surface area contributed by atoms with Crippen molar-refractivity contribution in [1.82, 2.24) is 35.4 Å². The molecule has 1 aliphatic rings. The van der Waals surface area contributed by atoms with Crippen LogP contribution >= 0.6 is 12.2 Å². The number of hydrogen-bond donors (Lipinski definition) is 4. The number of para-hydroxylation sites is 1. The first kappa shape index (κ1) is 44.6. The van der Waals surface area contributed by atoms with Crippen LogP contribution in [0, 0.1) is 0 Å². The minimum absolute atomic E-state index is 0.0306. The summed E-state index contributed by atoms with van der Waals surface area (Å²) in [7, 11) is 4.99. The Morgan fingerprint density at radius 2 is 1.41 bits per heavy atom. The number of nitrogens with zero attached hydrogens (tertiary/aromatic N) is 4. The molecule has 1 aliphatic carbocycles. The Bertz CT molecular complexity index is 2030. The largest absolute Gasteiger partial charge is 0.480 e. The minimum atomic E-state index is -1.06. The molecule has 5 rings (SSSR count). The summed E-state index contributed by atoms with van der Waals surface area (Å²) in [6.07, 6.45) is -0.0943. The van der Waals surface area contributed by atoms with Gasteiger partial charge >= 0.3 is 12.1 Å². The van der Waals surface area contributed by atoms with Gasteiger partial charge in [0.05, 0.1) is 39.4 Å². The third-order valence-electron chi connectivity index (χ3n) is 10.4. The van der Waals surface area contributed by atoms with Gasteiger partial charge in [-0.05, 0) is 58.9 Å². The van der Waals surface area contributed by atoms with Crippen LogP contribution < -0.4 is 16.0 Å². The van der Waals surface area contributed by atoms with Gasteiger partial charge in [0.2, 0.25) is 11.8 Å². The molecular weight excluding hydrogens is 775 g/mol. The zero-order valence-corrected chi connectivity index (χ0v) is 35.0. The van der Waals surface area contributed by atoms with Crippen molar-refractivity contribution >= 4 is 52.1 Å². The van der Waals surface area contributed by atoms with E-state index in [0.29, 0.717) is 57.7 Å². The number of hydrazine groups is 1. The number of thiocarbonyl (C=S) groups is 1. The first-order valence-corrected chi connectivity index (χ1v) is 20.2. The van der Waals surface area contributed by atoms with Crippen molar-refractivity contribution in [3.8, 4) is 11.1 Å². The van der Waals surface area contributed by atoms with Crippen molar-refractivity contribution in [2.45, 2.75) is 44.8 Å². The maximum atomic E-state index is 13.3. The summed E-state index contributed by atoms with van der Waals surface area (Å²) in [6.45, 7) is 5.05. The highest BCUT2D eigenvalue weighted by atomic mass is 32.1. The molecule has 4 aromatic rings. The number of aryl methyl sites for hydroxylation is 1. The number of carboxylic acid groups (broad SMARTS) is 1. The molecule has 4 N–H and O–H groups in total. The number of aliphatic carboxylic acids is 1. The molecule has 1 aromatic heterocycles. The smallest absolute Gasteiger partial charge is 0.424 e. The number of benzene rings is 3. The van der Waals surface area contributed by atoms with E-state index in [9.17, 15) is 19.2 Å². The molecular formula is C43H55N7O8S. The van der Waals surface area contributed by atoms with Gasteiger partial charge in [-0.2, -0.15) is 0 Å². The molecule has 1 atom stereocenters. The highest BCUT2D eigenvalue weighted by Gasteiger charge is 2.30. The molecule has 0 spiro atoms. The van der Waals surface area contributed by atoms with E-state index in [1.165, 1.54) is 35.0 Å². The maximum absolute atomic E-state index is 13.3. The number of nitrogens with one attached hydrogen (secondary N) is 3. The lowest BCUT2D eigenvalue weighted by Gasteiger charge is -2.28. The Kier molecular flexibility index (Phi) is 16.6. The Hall–Kier alpha value is -5.55. The van der Waals surface area contributed by atoms with Gasteiger partial charge in [-0.1, -0.05) is 66.7 Å².